The van der Waals surface area contributed by atoms with Crippen LogP contribution in [0, 0.1) is 18.3 Å². The quantitative estimate of drug-likeness (QED) is 0.446. The summed E-state index contributed by atoms with van der Waals surface area (Å²) in [6.45, 7) is 1.91. The van der Waals surface area contributed by atoms with Gasteiger partial charge in [-0.2, -0.15) is 5.26 Å². The summed E-state index contributed by atoms with van der Waals surface area (Å²) in [4.78, 5) is 12.4. The Hall–Kier alpha value is -3.35. The summed E-state index contributed by atoms with van der Waals surface area (Å²) in [5, 5.41) is 12.9. The maximum Gasteiger partial charge on any atom is 0.266 e. The Kier molecular flexibility index (Phi) is 6.26. The Morgan fingerprint density at radius 2 is 1.71 bits per heavy atom. The fourth-order valence-corrected chi connectivity index (χ4v) is 3.01. The Bertz CT molecular complexity index is 1060. The van der Waals surface area contributed by atoms with Gasteiger partial charge in [0.25, 0.3) is 5.91 Å². The van der Waals surface area contributed by atoms with Crippen molar-refractivity contribution in [1.29, 1.82) is 5.26 Å². The zero-order chi connectivity index (χ0) is 19.9. The zero-order valence-corrected chi connectivity index (χ0v) is 16.2. The van der Waals surface area contributed by atoms with Gasteiger partial charge in [0.15, 0.2) is 0 Å². The largest absolute Gasteiger partial charge is 0.321 e. The molecule has 0 aliphatic heterocycles. The minimum Gasteiger partial charge on any atom is -0.321 e. The molecule has 4 heteroatoms. The van der Waals surface area contributed by atoms with Gasteiger partial charge in [0, 0.05) is 10.7 Å². The van der Waals surface area contributed by atoms with Crippen LogP contribution in [0.25, 0.3) is 6.08 Å². The molecule has 0 aliphatic rings. The molecule has 0 aromatic heterocycles. The molecule has 0 radical (unpaired) electrons. The van der Waals surface area contributed by atoms with Gasteiger partial charge in [-0.25, -0.2) is 0 Å². The second-order valence-electron chi connectivity index (χ2n) is 6.45. The molecule has 0 aliphatic carbocycles. The van der Waals surface area contributed by atoms with Crippen LogP contribution in [-0.4, -0.2) is 5.91 Å². The van der Waals surface area contributed by atoms with Crippen LogP contribution in [0.1, 0.15) is 22.3 Å². The summed E-state index contributed by atoms with van der Waals surface area (Å²) in [6.07, 6.45) is 2.31. The van der Waals surface area contributed by atoms with E-state index in [2.05, 4.69) is 5.32 Å². The van der Waals surface area contributed by atoms with E-state index < -0.39 is 5.91 Å². The van der Waals surface area contributed by atoms with Crippen LogP contribution in [0.4, 0.5) is 5.69 Å². The van der Waals surface area contributed by atoms with Crippen molar-refractivity contribution in [3.63, 3.8) is 0 Å². The number of aryl methyl sites for hydroxylation is 1. The van der Waals surface area contributed by atoms with Crippen molar-refractivity contribution < 1.29 is 4.79 Å². The van der Waals surface area contributed by atoms with E-state index in [1.165, 1.54) is 0 Å². The number of para-hydroxylation sites is 1. The molecule has 0 spiro atoms. The molecule has 3 rings (SSSR count). The molecule has 0 bridgehead atoms. The van der Waals surface area contributed by atoms with Crippen molar-refractivity contribution in [1.82, 2.24) is 0 Å². The molecule has 0 unspecified atom stereocenters. The van der Waals surface area contributed by atoms with Crippen LogP contribution in [0.2, 0.25) is 5.02 Å². The predicted octanol–water partition coefficient (Wildman–Crippen LogP) is 5.78. The van der Waals surface area contributed by atoms with Gasteiger partial charge in [0.05, 0.1) is 0 Å². The lowest BCUT2D eigenvalue weighted by atomic mass is 10.0. The van der Waals surface area contributed by atoms with E-state index in [0.29, 0.717) is 5.69 Å². The highest BCUT2D eigenvalue weighted by molar-refractivity contribution is 6.31. The van der Waals surface area contributed by atoms with Crippen LogP contribution in [0.15, 0.2) is 78.4 Å². The van der Waals surface area contributed by atoms with Crippen molar-refractivity contribution in [2.45, 2.75) is 13.3 Å². The van der Waals surface area contributed by atoms with Crippen molar-refractivity contribution in [3.05, 3.63) is 106 Å². The number of carbonyl (C=O) groups excluding carboxylic acids is 1. The molecule has 0 fully saturated rings. The van der Waals surface area contributed by atoms with Crippen LogP contribution < -0.4 is 5.32 Å². The van der Waals surface area contributed by atoms with Crippen LogP contribution in [0.3, 0.4) is 0 Å². The highest BCUT2D eigenvalue weighted by atomic mass is 35.5. The van der Waals surface area contributed by atoms with Gasteiger partial charge in [-0.15, -0.1) is 0 Å². The van der Waals surface area contributed by atoms with Gasteiger partial charge in [0.1, 0.15) is 11.6 Å². The number of anilines is 1. The molecule has 3 nitrogen and oxygen atoms in total. The minimum absolute atomic E-state index is 0.0575. The van der Waals surface area contributed by atoms with Gasteiger partial charge in [-0.3, -0.25) is 4.79 Å². The number of nitriles is 1. The lowest BCUT2D eigenvalue weighted by Gasteiger charge is -2.07. The number of hydrogen-bond acceptors (Lipinski definition) is 2. The molecule has 1 amide bonds. The topological polar surface area (TPSA) is 52.9 Å². The van der Waals surface area contributed by atoms with E-state index in [1.54, 1.807) is 6.08 Å². The molecule has 1 N–H and O–H groups in total. The Labute approximate surface area is 169 Å². The number of carbonyl (C=O) groups is 1. The van der Waals surface area contributed by atoms with Gasteiger partial charge >= 0.3 is 0 Å². The number of halogens is 1. The van der Waals surface area contributed by atoms with Crippen molar-refractivity contribution in [3.8, 4) is 6.07 Å². The molecule has 3 aromatic rings. The highest BCUT2D eigenvalue weighted by Crippen LogP contribution is 2.20. The first-order chi connectivity index (χ1) is 13.6. The number of rotatable bonds is 5. The average molecular weight is 387 g/mol. The van der Waals surface area contributed by atoms with E-state index in [4.69, 9.17) is 11.6 Å². The summed E-state index contributed by atoms with van der Waals surface area (Å²) in [5.74, 6) is -0.419. The maximum absolute atomic E-state index is 12.4. The summed E-state index contributed by atoms with van der Waals surface area (Å²) >= 11 is 6.22. The number of benzene rings is 3. The van der Waals surface area contributed by atoms with Crippen molar-refractivity contribution in [2.24, 2.45) is 0 Å². The molecule has 138 valence electrons. The normalized spacial score (nSPS) is 11.0. The van der Waals surface area contributed by atoms with E-state index in [1.807, 2.05) is 85.8 Å². The Balaban J connectivity index is 1.74. The highest BCUT2D eigenvalue weighted by Gasteiger charge is 2.10. The number of nitrogens with zero attached hydrogens (tertiary/aromatic N) is 1. The van der Waals surface area contributed by atoms with Crippen LogP contribution in [0.5, 0.6) is 0 Å². The number of nitrogens with one attached hydrogen (secondary N) is 1. The van der Waals surface area contributed by atoms with Gasteiger partial charge < -0.3 is 5.32 Å². The second-order valence-corrected chi connectivity index (χ2v) is 6.86. The molecule has 28 heavy (non-hydrogen) atoms. The van der Waals surface area contributed by atoms with E-state index in [0.717, 1.165) is 33.7 Å². The molecule has 0 heterocycles. The third-order valence-corrected chi connectivity index (χ3v) is 4.77. The van der Waals surface area contributed by atoms with Gasteiger partial charge in [-0.1, -0.05) is 72.3 Å². The molecule has 0 saturated heterocycles. The first-order valence-electron chi connectivity index (χ1n) is 8.88. The summed E-state index contributed by atoms with van der Waals surface area (Å²) in [6, 6.07) is 24.9. The maximum atomic E-state index is 12.4. The fraction of sp³-hybridized carbons (Fsp3) is 0.0833. The first-order valence-corrected chi connectivity index (χ1v) is 9.26. The third-order valence-electron chi connectivity index (χ3n) is 4.40. The van der Waals surface area contributed by atoms with E-state index in [-0.39, 0.29) is 5.57 Å². The van der Waals surface area contributed by atoms with E-state index >= 15 is 0 Å². The fourth-order valence-electron chi connectivity index (χ4n) is 2.81. The monoisotopic (exact) mass is 386 g/mol. The minimum atomic E-state index is -0.419. The Morgan fingerprint density at radius 1 is 1.04 bits per heavy atom. The van der Waals surface area contributed by atoms with Gasteiger partial charge in [-0.05, 0) is 53.8 Å². The molecular formula is C24H19ClN2O. The SMILES string of the molecule is Cc1ccccc1NC(=O)/C(C#N)=C/c1ccc(Cc2ccccc2Cl)cc1. The smallest absolute Gasteiger partial charge is 0.266 e. The summed E-state index contributed by atoms with van der Waals surface area (Å²) in [7, 11) is 0. The van der Waals surface area contributed by atoms with Crippen molar-refractivity contribution in [2.75, 3.05) is 5.32 Å². The molecule has 3 aromatic carbocycles. The lowest BCUT2D eigenvalue weighted by Crippen LogP contribution is -2.14. The third kappa shape index (κ3) is 4.88. The first kappa shape index (κ1) is 19.4. The van der Waals surface area contributed by atoms with Crippen LogP contribution >= 0.6 is 11.6 Å². The van der Waals surface area contributed by atoms with Crippen LogP contribution in [-0.2, 0) is 11.2 Å². The predicted molar refractivity (Wildman–Crippen MR) is 114 cm³/mol. The molecule has 0 atom stereocenters. The average Bonchev–Trinajstić information content (AvgIpc) is 2.70. The number of hydrogen-bond donors (Lipinski definition) is 1. The number of amides is 1. The summed E-state index contributed by atoms with van der Waals surface area (Å²) in [5.41, 5.74) is 4.65. The zero-order valence-electron chi connectivity index (χ0n) is 15.4. The molecular weight excluding hydrogens is 368 g/mol. The standard InChI is InChI=1S/C24H19ClN2O/c1-17-6-2-5-9-23(17)27-24(28)21(16-26)15-19-12-10-18(11-13-19)14-20-7-3-4-8-22(20)25/h2-13,15H,14H2,1H3,(H,27,28)/b21-15+. The summed E-state index contributed by atoms with van der Waals surface area (Å²) < 4.78 is 0. The lowest BCUT2D eigenvalue weighted by molar-refractivity contribution is -0.112. The molecule has 0 saturated carbocycles. The van der Waals surface area contributed by atoms with E-state index in [9.17, 15) is 10.1 Å². The van der Waals surface area contributed by atoms with Gasteiger partial charge in [0.2, 0.25) is 0 Å². The second kappa shape index (κ2) is 9.03. The Morgan fingerprint density at radius 3 is 2.39 bits per heavy atom. The van der Waals surface area contributed by atoms with Crippen molar-refractivity contribution >= 4 is 29.3 Å².